The molecule has 0 saturated carbocycles. The summed E-state index contributed by atoms with van der Waals surface area (Å²) in [6.45, 7) is 6.13. The van der Waals surface area contributed by atoms with Gasteiger partial charge in [0.15, 0.2) is 19.7 Å². The molecule has 0 amide bonds. The zero-order valence-electron chi connectivity index (χ0n) is 6.88. The van der Waals surface area contributed by atoms with Gasteiger partial charge in [0.2, 0.25) is 0 Å². The zero-order chi connectivity index (χ0) is 10.5. The molecular formula is C7H10O4S2. The Morgan fingerprint density at radius 1 is 1.00 bits per heavy atom. The molecule has 0 aromatic carbocycles. The monoisotopic (exact) mass is 222 g/mol. The molecule has 0 aliphatic rings. The van der Waals surface area contributed by atoms with E-state index >= 15 is 0 Å². The van der Waals surface area contributed by atoms with Crippen LogP contribution in [0.2, 0.25) is 0 Å². The molecule has 0 aromatic rings. The van der Waals surface area contributed by atoms with E-state index in [9.17, 15) is 16.8 Å². The molecule has 0 rings (SSSR count). The Labute approximate surface area is 78.1 Å². The van der Waals surface area contributed by atoms with E-state index in [1.165, 1.54) is 0 Å². The van der Waals surface area contributed by atoms with Crippen LogP contribution in [0.25, 0.3) is 0 Å². The molecule has 0 N–H and O–H groups in total. The van der Waals surface area contributed by atoms with Gasteiger partial charge in [-0.25, -0.2) is 16.8 Å². The normalized spacial score (nSPS) is 12.9. The number of hydrogen-bond donors (Lipinski definition) is 0. The van der Waals surface area contributed by atoms with Gasteiger partial charge in [-0.15, -0.1) is 0 Å². The van der Waals surface area contributed by atoms with Gasteiger partial charge < -0.3 is 0 Å². The number of hydrogen-bond acceptors (Lipinski definition) is 4. The van der Waals surface area contributed by atoms with E-state index in [1.807, 2.05) is 0 Å². The average molecular weight is 222 g/mol. The first-order valence-corrected chi connectivity index (χ1v) is 6.55. The topological polar surface area (TPSA) is 68.3 Å². The lowest BCUT2D eigenvalue weighted by molar-refractivity contribution is 0.607. The quantitative estimate of drug-likeness (QED) is 0.683. The summed E-state index contributed by atoms with van der Waals surface area (Å²) in [5.74, 6) is -0.371. The van der Waals surface area contributed by atoms with Gasteiger partial charge in [-0.1, -0.05) is 19.2 Å². The van der Waals surface area contributed by atoms with Crippen LogP contribution in [0.1, 0.15) is 0 Å². The molecule has 0 radical (unpaired) electrons. The largest absolute Gasteiger partial charge is 0.224 e. The summed E-state index contributed by atoms with van der Waals surface area (Å²) >= 11 is 0. The molecule has 0 aliphatic heterocycles. The minimum absolute atomic E-state index is 0.371. The van der Waals surface area contributed by atoms with Crippen LogP contribution >= 0.6 is 0 Å². The summed E-state index contributed by atoms with van der Waals surface area (Å²) in [6.07, 6.45) is 1.04. The summed E-state index contributed by atoms with van der Waals surface area (Å²) in [5, 5.41) is 2.31. The molecule has 0 spiro atoms. The van der Waals surface area contributed by atoms with E-state index in [0.717, 1.165) is 22.3 Å². The third-order valence-corrected chi connectivity index (χ3v) is 3.30. The van der Waals surface area contributed by atoms with Crippen molar-refractivity contribution in [2.24, 2.45) is 0 Å². The van der Waals surface area contributed by atoms with Gasteiger partial charge in [0.1, 0.15) is 0 Å². The van der Waals surface area contributed by atoms with Crippen molar-refractivity contribution in [1.29, 1.82) is 0 Å². The van der Waals surface area contributed by atoms with Crippen molar-refractivity contribution in [3.8, 4) is 0 Å². The average Bonchev–Trinajstić information content (AvgIpc) is 2.04. The minimum Gasteiger partial charge on any atom is -0.224 e. The fraction of sp³-hybridized carbons (Fsp3) is 0.143. The summed E-state index contributed by atoms with van der Waals surface area (Å²) in [5.41, 5.74) is 0. The van der Waals surface area contributed by atoms with Crippen LogP contribution in [0.3, 0.4) is 0 Å². The minimum atomic E-state index is -3.47. The molecule has 0 unspecified atom stereocenters. The standard InChI is InChI=1S/C7H10O4S2/c1-3-12(8,9)6-5-7-13(10,11)4-2/h3-6H,1-2,7H2. The third kappa shape index (κ3) is 5.37. The Kier molecular flexibility index (Phi) is 4.09. The molecule has 0 heterocycles. The lowest BCUT2D eigenvalue weighted by Gasteiger charge is -1.90. The smallest absolute Gasteiger partial charge is 0.192 e. The lowest BCUT2D eigenvalue weighted by Crippen LogP contribution is -1.99. The van der Waals surface area contributed by atoms with Crippen molar-refractivity contribution >= 4 is 19.7 Å². The van der Waals surface area contributed by atoms with E-state index < -0.39 is 19.7 Å². The SMILES string of the molecule is C=CS(=O)(=O)C=CCS(=O)(=O)C=C. The van der Waals surface area contributed by atoms with Gasteiger partial charge in [0, 0.05) is 16.2 Å². The second kappa shape index (κ2) is 4.38. The van der Waals surface area contributed by atoms with Gasteiger partial charge in [-0.05, 0) is 0 Å². The highest BCUT2D eigenvalue weighted by molar-refractivity contribution is 7.97. The van der Waals surface area contributed by atoms with Crippen LogP contribution < -0.4 is 0 Å². The fourth-order valence-electron chi connectivity index (χ4n) is 0.431. The second-order valence-electron chi connectivity index (χ2n) is 2.12. The van der Waals surface area contributed by atoms with Gasteiger partial charge in [0.25, 0.3) is 0 Å². The molecular weight excluding hydrogens is 212 g/mol. The van der Waals surface area contributed by atoms with Crippen molar-refractivity contribution in [2.45, 2.75) is 0 Å². The maximum atomic E-state index is 10.8. The third-order valence-electron chi connectivity index (χ3n) is 1.10. The Morgan fingerprint density at radius 3 is 1.92 bits per heavy atom. The Balaban J connectivity index is 4.53. The molecule has 0 aliphatic carbocycles. The molecule has 74 valence electrons. The first-order chi connectivity index (χ1) is 5.83. The van der Waals surface area contributed by atoms with Gasteiger partial charge in [-0.3, -0.25) is 0 Å². The van der Waals surface area contributed by atoms with Gasteiger partial charge in [0.05, 0.1) is 5.75 Å². The molecule has 0 saturated heterocycles. The molecule has 4 nitrogen and oxygen atoms in total. The Bertz CT molecular complexity index is 411. The van der Waals surface area contributed by atoms with E-state index in [-0.39, 0.29) is 5.75 Å². The molecule has 0 fully saturated rings. The van der Waals surface area contributed by atoms with Crippen LogP contribution in [0, 0.1) is 0 Å². The number of rotatable bonds is 5. The molecule has 0 bridgehead atoms. The van der Waals surface area contributed by atoms with Crippen LogP contribution in [-0.4, -0.2) is 22.6 Å². The first kappa shape index (κ1) is 12.1. The van der Waals surface area contributed by atoms with Crippen LogP contribution in [0.5, 0.6) is 0 Å². The molecule has 0 atom stereocenters. The maximum Gasteiger partial charge on any atom is 0.192 e. The summed E-state index contributed by atoms with van der Waals surface area (Å²) in [6, 6.07) is 0. The van der Waals surface area contributed by atoms with Crippen molar-refractivity contribution in [3.63, 3.8) is 0 Å². The predicted octanol–water partition coefficient (Wildman–Crippen LogP) is 0.617. The van der Waals surface area contributed by atoms with Crippen molar-refractivity contribution < 1.29 is 16.8 Å². The highest BCUT2D eigenvalue weighted by Gasteiger charge is 2.02. The summed E-state index contributed by atoms with van der Waals surface area (Å²) in [4.78, 5) is 0. The van der Waals surface area contributed by atoms with E-state index in [2.05, 4.69) is 13.2 Å². The highest BCUT2D eigenvalue weighted by atomic mass is 32.2. The zero-order valence-corrected chi connectivity index (χ0v) is 8.51. The summed E-state index contributed by atoms with van der Waals surface area (Å²) in [7, 11) is -6.84. The van der Waals surface area contributed by atoms with Crippen molar-refractivity contribution in [3.05, 3.63) is 35.5 Å². The number of sulfone groups is 2. The second-order valence-corrected chi connectivity index (χ2v) is 5.90. The molecule has 13 heavy (non-hydrogen) atoms. The van der Waals surface area contributed by atoms with Crippen LogP contribution in [0.15, 0.2) is 35.5 Å². The summed E-state index contributed by atoms with van der Waals surface area (Å²) < 4.78 is 43.1. The van der Waals surface area contributed by atoms with Crippen molar-refractivity contribution in [2.75, 3.05) is 5.75 Å². The molecule has 0 aromatic heterocycles. The molecule has 6 heteroatoms. The van der Waals surface area contributed by atoms with E-state index in [0.29, 0.717) is 0 Å². The highest BCUT2D eigenvalue weighted by Crippen LogP contribution is 1.96. The first-order valence-electron chi connectivity index (χ1n) is 3.22. The van der Waals surface area contributed by atoms with Crippen LogP contribution in [0.4, 0.5) is 0 Å². The van der Waals surface area contributed by atoms with Crippen LogP contribution in [-0.2, 0) is 19.7 Å². The Morgan fingerprint density at radius 2 is 1.54 bits per heavy atom. The van der Waals surface area contributed by atoms with Gasteiger partial charge in [-0.2, -0.15) is 0 Å². The predicted molar refractivity (Wildman–Crippen MR) is 52.2 cm³/mol. The van der Waals surface area contributed by atoms with Crippen molar-refractivity contribution in [1.82, 2.24) is 0 Å². The fourth-order valence-corrected chi connectivity index (χ4v) is 1.53. The Hall–Kier alpha value is -0.880. The maximum absolute atomic E-state index is 10.8. The van der Waals surface area contributed by atoms with E-state index in [4.69, 9.17) is 0 Å². The van der Waals surface area contributed by atoms with E-state index in [1.54, 1.807) is 0 Å². The lowest BCUT2D eigenvalue weighted by atomic mass is 10.8. The van der Waals surface area contributed by atoms with Gasteiger partial charge >= 0.3 is 0 Å².